The van der Waals surface area contributed by atoms with Crippen molar-refractivity contribution in [3.63, 3.8) is 0 Å². The van der Waals surface area contributed by atoms with Crippen LogP contribution in [-0.2, 0) is 42.2 Å². The SMILES string of the molecule is COC(O)C(C)C.COC(O)C(C)C.COC(O)C(C)C.COC(O)C(C)C.COC(O)C(C)C.[V]. The number of methoxy groups -OCH3 is 5. The van der Waals surface area contributed by atoms with Crippen molar-refractivity contribution in [3.8, 4) is 0 Å². The molecule has 5 N–H and O–H groups in total. The van der Waals surface area contributed by atoms with Gasteiger partial charge < -0.3 is 49.2 Å². The van der Waals surface area contributed by atoms with Crippen molar-refractivity contribution in [2.24, 2.45) is 29.6 Å². The summed E-state index contributed by atoms with van der Waals surface area (Å²) in [6, 6.07) is 0. The number of ether oxygens (including phenoxy) is 5. The van der Waals surface area contributed by atoms with Crippen molar-refractivity contribution in [3.05, 3.63) is 0 Å². The second-order valence-electron chi connectivity index (χ2n) is 9.35. The summed E-state index contributed by atoms with van der Waals surface area (Å²) in [7, 11) is 7.45. The number of aliphatic hydroxyl groups excluding tert-OH is 5. The van der Waals surface area contributed by atoms with Gasteiger partial charge in [-0.3, -0.25) is 0 Å². The molecule has 0 heterocycles. The molecular weight excluding hydrogens is 511 g/mol. The molecule has 5 atom stereocenters. The molecule has 225 valence electrons. The fraction of sp³-hybridized carbons (Fsp3) is 1.00. The predicted octanol–water partition coefficient (Wildman–Crippen LogP) is 3.03. The van der Waals surface area contributed by atoms with Crippen LogP contribution >= 0.6 is 0 Å². The third-order valence-corrected chi connectivity index (χ3v) is 4.06. The van der Waals surface area contributed by atoms with Gasteiger partial charge in [-0.25, -0.2) is 0 Å². The molecule has 11 heteroatoms. The zero-order valence-electron chi connectivity index (χ0n) is 25.5. The van der Waals surface area contributed by atoms with E-state index >= 15 is 0 Å². The first kappa shape index (κ1) is 49.2. The average Bonchev–Trinajstić information content (AvgIpc) is 2.82. The standard InChI is InChI=1S/5C5H12O2.V/c5*1-4(2)5(6)7-3;/h5*4-6H,1-3H3;. The van der Waals surface area contributed by atoms with Crippen LogP contribution in [-0.4, -0.2) is 92.5 Å². The number of aliphatic hydroxyl groups is 5. The smallest absolute Gasteiger partial charge is 0.156 e. The second kappa shape index (κ2) is 33.2. The molecule has 0 saturated heterocycles. The van der Waals surface area contributed by atoms with E-state index < -0.39 is 31.5 Å². The summed E-state index contributed by atoms with van der Waals surface area (Å²) in [5, 5.41) is 43.6. The van der Waals surface area contributed by atoms with Gasteiger partial charge in [0.05, 0.1) is 0 Å². The molecule has 0 aromatic rings. The molecule has 0 saturated carbocycles. The first-order valence-corrected chi connectivity index (χ1v) is 12.0. The fourth-order valence-corrected chi connectivity index (χ4v) is 1.36. The van der Waals surface area contributed by atoms with Crippen LogP contribution in [0.4, 0.5) is 0 Å². The maximum Gasteiger partial charge on any atom is 0.156 e. The van der Waals surface area contributed by atoms with Crippen molar-refractivity contribution in [2.45, 2.75) is 101 Å². The Hall–Kier alpha value is 0.184. The van der Waals surface area contributed by atoms with E-state index in [-0.39, 0.29) is 48.1 Å². The van der Waals surface area contributed by atoms with Gasteiger partial charge in [0.2, 0.25) is 0 Å². The van der Waals surface area contributed by atoms with Gasteiger partial charge in [0.15, 0.2) is 31.5 Å². The Balaban J connectivity index is -0.0000000776. The van der Waals surface area contributed by atoms with Gasteiger partial charge in [-0.05, 0) is 0 Å². The van der Waals surface area contributed by atoms with E-state index in [0.29, 0.717) is 0 Å². The minimum absolute atomic E-state index is 0. The van der Waals surface area contributed by atoms with E-state index in [0.717, 1.165) is 0 Å². The maximum atomic E-state index is 8.71. The fourth-order valence-electron chi connectivity index (χ4n) is 1.36. The Morgan fingerprint density at radius 2 is 0.389 bits per heavy atom. The van der Waals surface area contributed by atoms with Gasteiger partial charge in [0.1, 0.15) is 0 Å². The minimum Gasteiger partial charge on any atom is -0.368 e. The summed E-state index contributed by atoms with van der Waals surface area (Å²) >= 11 is 0. The van der Waals surface area contributed by atoms with Crippen LogP contribution in [0.2, 0.25) is 0 Å². The van der Waals surface area contributed by atoms with Crippen LogP contribution in [0.1, 0.15) is 69.2 Å². The van der Waals surface area contributed by atoms with Crippen molar-refractivity contribution in [1.82, 2.24) is 0 Å². The first-order valence-electron chi connectivity index (χ1n) is 12.0. The van der Waals surface area contributed by atoms with Gasteiger partial charge in [0, 0.05) is 83.7 Å². The van der Waals surface area contributed by atoms with Crippen LogP contribution < -0.4 is 0 Å². The summed E-state index contributed by atoms with van der Waals surface area (Å²) in [4.78, 5) is 0. The van der Waals surface area contributed by atoms with Gasteiger partial charge >= 0.3 is 0 Å². The van der Waals surface area contributed by atoms with Crippen LogP contribution in [0.25, 0.3) is 0 Å². The average molecular weight is 572 g/mol. The van der Waals surface area contributed by atoms with Gasteiger partial charge in [0.25, 0.3) is 0 Å². The third kappa shape index (κ3) is 41.3. The van der Waals surface area contributed by atoms with E-state index in [1.807, 2.05) is 69.2 Å². The molecule has 0 aromatic heterocycles. The molecule has 0 aromatic carbocycles. The summed E-state index contributed by atoms with van der Waals surface area (Å²) in [6.45, 7) is 19.0. The molecule has 0 fully saturated rings. The number of hydrogen-bond acceptors (Lipinski definition) is 10. The largest absolute Gasteiger partial charge is 0.368 e. The van der Waals surface area contributed by atoms with Crippen LogP contribution in [0, 0.1) is 29.6 Å². The molecule has 0 aliphatic heterocycles. The topological polar surface area (TPSA) is 147 Å². The van der Waals surface area contributed by atoms with E-state index in [2.05, 4.69) is 23.7 Å². The van der Waals surface area contributed by atoms with Crippen LogP contribution in [0.3, 0.4) is 0 Å². The molecule has 5 unspecified atom stereocenters. The molecule has 1 radical (unpaired) electrons. The zero-order valence-corrected chi connectivity index (χ0v) is 26.9. The van der Waals surface area contributed by atoms with Crippen molar-refractivity contribution in [1.29, 1.82) is 0 Å². The van der Waals surface area contributed by atoms with Crippen LogP contribution in [0.15, 0.2) is 0 Å². The Morgan fingerprint density at radius 3 is 0.389 bits per heavy atom. The van der Waals surface area contributed by atoms with E-state index in [1.165, 1.54) is 35.5 Å². The third-order valence-electron chi connectivity index (χ3n) is 4.06. The van der Waals surface area contributed by atoms with E-state index in [4.69, 9.17) is 25.5 Å². The van der Waals surface area contributed by atoms with Crippen molar-refractivity contribution in [2.75, 3.05) is 35.5 Å². The van der Waals surface area contributed by atoms with Gasteiger partial charge in [-0.1, -0.05) is 69.2 Å². The summed E-state index contributed by atoms with van der Waals surface area (Å²) < 4.78 is 22.8. The number of rotatable bonds is 10. The molecule has 36 heavy (non-hydrogen) atoms. The minimum atomic E-state index is -0.597. The summed E-state index contributed by atoms with van der Waals surface area (Å²) in [6.07, 6.45) is -2.99. The monoisotopic (exact) mass is 571 g/mol. The summed E-state index contributed by atoms with van der Waals surface area (Å²) in [5.41, 5.74) is 0. The number of hydrogen-bond donors (Lipinski definition) is 5. The Bertz CT molecular complexity index is 305. The van der Waals surface area contributed by atoms with Crippen LogP contribution in [0.5, 0.6) is 0 Å². The van der Waals surface area contributed by atoms with Crippen molar-refractivity contribution < 1.29 is 67.8 Å². The quantitative estimate of drug-likeness (QED) is 0.248. The molecule has 0 amide bonds. The second-order valence-corrected chi connectivity index (χ2v) is 9.35. The maximum absolute atomic E-state index is 8.71. The molecule has 0 rings (SSSR count). The molecule has 0 aliphatic rings. The Kier molecular flexibility index (Phi) is 45.4. The van der Waals surface area contributed by atoms with Crippen molar-refractivity contribution >= 4 is 0 Å². The van der Waals surface area contributed by atoms with E-state index in [1.54, 1.807) is 0 Å². The Morgan fingerprint density at radius 1 is 0.306 bits per heavy atom. The Labute approximate surface area is 233 Å². The van der Waals surface area contributed by atoms with E-state index in [9.17, 15) is 0 Å². The molecule has 0 aliphatic carbocycles. The first-order chi connectivity index (χ1) is 15.9. The zero-order chi connectivity index (χ0) is 29.3. The summed E-state index contributed by atoms with van der Waals surface area (Å²) in [5.74, 6) is 0.995. The molecule has 0 spiro atoms. The molecule has 10 nitrogen and oxygen atoms in total. The van der Waals surface area contributed by atoms with Gasteiger partial charge in [-0.2, -0.15) is 0 Å². The van der Waals surface area contributed by atoms with Gasteiger partial charge in [-0.15, -0.1) is 0 Å². The molecular formula is C25H60O10V. The predicted molar refractivity (Wildman–Crippen MR) is 139 cm³/mol. The normalized spacial score (nSPS) is 14.6. The molecule has 0 bridgehead atoms.